The van der Waals surface area contributed by atoms with Crippen molar-refractivity contribution in [3.8, 4) is 0 Å². The smallest absolute Gasteiger partial charge is 0.261 e. The number of rotatable bonds is 5. The fourth-order valence-corrected chi connectivity index (χ4v) is 2.57. The number of ether oxygens (including phenoxy) is 2. The summed E-state index contributed by atoms with van der Waals surface area (Å²) in [5.41, 5.74) is 0. The quantitative estimate of drug-likeness (QED) is 0.696. The summed E-state index contributed by atoms with van der Waals surface area (Å²) >= 11 is 0. The Morgan fingerprint density at radius 3 is 2.95 bits per heavy atom. The molecule has 2 rings (SSSR count). The minimum Gasteiger partial charge on any atom is -0.388 e. The first-order valence-electron chi connectivity index (χ1n) is 6.59. The predicted molar refractivity (Wildman–Crippen MR) is 65.6 cm³/mol. The highest BCUT2D eigenvalue weighted by molar-refractivity contribution is 5.77. The molecule has 0 aromatic heterocycles. The third-order valence-electron chi connectivity index (χ3n) is 3.59. The molecule has 0 bridgehead atoms. The predicted octanol–water partition coefficient (Wildman–Crippen LogP) is -0.782. The summed E-state index contributed by atoms with van der Waals surface area (Å²) in [7, 11) is 1.40. The lowest BCUT2D eigenvalue weighted by Crippen LogP contribution is -2.47. The molecule has 0 unspecified atom stereocenters. The van der Waals surface area contributed by atoms with Crippen molar-refractivity contribution >= 4 is 5.91 Å². The van der Waals surface area contributed by atoms with Crippen LogP contribution < -0.4 is 5.32 Å². The normalized spacial score (nSPS) is 33.5. The molecule has 2 aliphatic rings. The summed E-state index contributed by atoms with van der Waals surface area (Å²) in [6.45, 7) is 0.311. The topological polar surface area (TPSA) is 71.0 Å². The van der Waals surface area contributed by atoms with E-state index < -0.39 is 24.2 Å². The Balaban J connectivity index is 1.79. The minimum absolute atomic E-state index is 0.0910. The Labute approximate surface area is 116 Å². The van der Waals surface area contributed by atoms with Gasteiger partial charge in [0.2, 0.25) is 5.91 Å². The van der Waals surface area contributed by atoms with Crippen molar-refractivity contribution in [3.05, 3.63) is 0 Å². The maximum atomic E-state index is 13.1. The van der Waals surface area contributed by atoms with Crippen LogP contribution in [0, 0.1) is 0 Å². The number of nitrogens with zero attached hydrogens (tertiary/aromatic N) is 1. The van der Waals surface area contributed by atoms with Crippen LogP contribution in [0.5, 0.6) is 0 Å². The molecule has 0 aliphatic carbocycles. The van der Waals surface area contributed by atoms with E-state index in [1.54, 1.807) is 4.90 Å². The minimum atomic E-state index is -2.66. The number of aliphatic hydroxyl groups excluding tert-OH is 1. The van der Waals surface area contributed by atoms with E-state index in [1.807, 2.05) is 0 Å². The van der Waals surface area contributed by atoms with E-state index in [9.17, 15) is 18.7 Å². The number of alkyl halides is 2. The average molecular weight is 294 g/mol. The lowest BCUT2D eigenvalue weighted by Gasteiger charge is -2.23. The molecule has 8 heteroatoms. The molecule has 0 aromatic carbocycles. The number of amides is 1. The van der Waals surface area contributed by atoms with Crippen molar-refractivity contribution in [2.75, 3.05) is 40.0 Å². The van der Waals surface area contributed by atoms with E-state index in [-0.39, 0.29) is 38.6 Å². The highest BCUT2D eigenvalue weighted by atomic mass is 19.3. The van der Waals surface area contributed by atoms with Crippen LogP contribution in [0.3, 0.4) is 0 Å². The number of aliphatic hydroxyl groups is 1. The maximum absolute atomic E-state index is 13.1. The van der Waals surface area contributed by atoms with Gasteiger partial charge < -0.3 is 19.9 Å². The second kappa shape index (κ2) is 6.30. The van der Waals surface area contributed by atoms with E-state index in [0.717, 1.165) is 0 Å². The van der Waals surface area contributed by atoms with Gasteiger partial charge in [0.05, 0.1) is 25.3 Å². The number of carbonyl (C=O) groups excluding carboxylic acids is 1. The molecule has 20 heavy (non-hydrogen) atoms. The number of methoxy groups -OCH3 is 1. The molecule has 2 heterocycles. The van der Waals surface area contributed by atoms with E-state index >= 15 is 0 Å². The van der Waals surface area contributed by atoms with Gasteiger partial charge in [-0.3, -0.25) is 9.69 Å². The van der Waals surface area contributed by atoms with Crippen LogP contribution in [0.15, 0.2) is 0 Å². The first-order valence-corrected chi connectivity index (χ1v) is 6.59. The van der Waals surface area contributed by atoms with Crippen LogP contribution in [0.4, 0.5) is 8.78 Å². The first kappa shape index (κ1) is 15.6. The van der Waals surface area contributed by atoms with Crippen molar-refractivity contribution in [1.29, 1.82) is 0 Å². The fourth-order valence-electron chi connectivity index (χ4n) is 2.57. The summed E-state index contributed by atoms with van der Waals surface area (Å²) < 4.78 is 36.2. The summed E-state index contributed by atoms with van der Waals surface area (Å²) in [4.78, 5) is 12.9. The van der Waals surface area contributed by atoms with Gasteiger partial charge in [0.1, 0.15) is 12.7 Å². The second-order valence-corrected chi connectivity index (χ2v) is 5.31. The Kier molecular flexibility index (Phi) is 4.90. The number of halogens is 2. The van der Waals surface area contributed by atoms with Crippen LogP contribution in [-0.2, 0) is 14.3 Å². The van der Waals surface area contributed by atoms with Crippen LogP contribution in [0.1, 0.15) is 6.42 Å². The van der Waals surface area contributed by atoms with E-state index in [4.69, 9.17) is 4.74 Å². The molecule has 2 aliphatic heterocycles. The summed E-state index contributed by atoms with van der Waals surface area (Å²) in [6, 6.07) is -0.522. The van der Waals surface area contributed by atoms with Gasteiger partial charge in [-0.25, -0.2) is 8.78 Å². The van der Waals surface area contributed by atoms with Gasteiger partial charge in [-0.15, -0.1) is 0 Å². The zero-order valence-electron chi connectivity index (χ0n) is 11.3. The molecule has 0 aromatic rings. The summed E-state index contributed by atoms with van der Waals surface area (Å²) in [5, 5.41) is 12.7. The van der Waals surface area contributed by atoms with Crippen LogP contribution in [-0.4, -0.2) is 80.0 Å². The fraction of sp³-hybridized carbons (Fsp3) is 0.917. The summed E-state index contributed by atoms with van der Waals surface area (Å²) in [6.07, 6.45) is -1.62. The molecular formula is C12H20F2N2O4. The monoisotopic (exact) mass is 294 g/mol. The van der Waals surface area contributed by atoms with Gasteiger partial charge in [0, 0.05) is 26.6 Å². The molecular weight excluding hydrogens is 274 g/mol. The number of carbonyl (C=O) groups is 1. The van der Waals surface area contributed by atoms with Crippen LogP contribution in [0.25, 0.3) is 0 Å². The standard InChI is InChI=1S/C12H20F2N2O4/c1-19-6-10(17)15-8-5-20-9(11(8)18)4-16-3-2-12(13,14)7-16/h8-9,11,18H,2-7H2,1H3,(H,15,17)/t8-,9-,11+/m0/s1. The lowest BCUT2D eigenvalue weighted by molar-refractivity contribution is -0.126. The van der Waals surface area contributed by atoms with E-state index in [1.165, 1.54) is 7.11 Å². The molecule has 2 saturated heterocycles. The number of hydrogen-bond acceptors (Lipinski definition) is 5. The summed E-state index contributed by atoms with van der Waals surface area (Å²) in [5.74, 6) is -3.00. The van der Waals surface area contributed by atoms with E-state index in [0.29, 0.717) is 6.54 Å². The Morgan fingerprint density at radius 1 is 1.60 bits per heavy atom. The molecule has 0 radical (unpaired) electrons. The maximum Gasteiger partial charge on any atom is 0.261 e. The van der Waals surface area contributed by atoms with Crippen molar-refractivity contribution in [3.63, 3.8) is 0 Å². The molecule has 2 N–H and O–H groups in total. The molecule has 2 fully saturated rings. The number of nitrogens with one attached hydrogen (secondary N) is 1. The van der Waals surface area contributed by atoms with Crippen molar-refractivity contribution in [2.45, 2.75) is 30.6 Å². The van der Waals surface area contributed by atoms with Gasteiger partial charge in [-0.1, -0.05) is 0 Å². The Morgan fingerprint density at radius 2 is 2.35 bits per heavy atom. The van der Waals surface area contributed by atoms with Gasteiger partial charge in [0.15, 0.2) is 0 Å². The van der Waals surface area contributed by atoms with Gasteiger partial charge in [-0.05, 0) is 0 Å². The molecule has 0 spiro atoms. The third-order valence-corrected chi connectivity index (χ3v) is 3.59. The molecule has 116 valence electrons. The van der Waals surface area contributed by atoms with Crippen molar-refractivity contribution in [2.24, 2.45) is 0 Å². The Hall–Kier alpha value is -0.830. The SMILES string of the molecule is COCC(=O)N[C@H]1CO[C@@H](CN2CCC(F)(F)C2)[C@@H]1O. The third kappa shape index (κ3) is 3.85. The van der Waals surface area contributed by atoms with Crippen LogP contribution >= 0.6 is 0 Å². The lowest BCUT2D eigenvalue weighted by atomic mass is 10.1. The number of hydrogen-bond donors (Lipinski definition) is 2. The second-order valence-electron chi connectivity index (χ2n) is 5.31. The van der Waals surface area contributed by atoms with Crippen molar-refractivity contribution in [1.82, 2.24) is 10.2 Å². The zero-order chi connectivity index (χ0) is 14.8. The van der Waals surface area contributed by atoms with Gasteiger partial charge >= 0.3 is 0 Å². The molecule has 0 saturated carbocycles. The highest BCUT2D eigenvalue weighted by Gasteiger charge is 2.42. The largest absolute Gasteiger partial charge is 0.388 e. The first-order chi connectivity index (χ1) is 9.41. The molecule has 1 amide bonds. The van der Waals surface area contributed by atoms with Gasteiger partial charge in [-0.2, -0.15) is 0 Å². The number of likely N-dealkylation sites (tertiary alicyclic amines) is 1. The average Bonchev–Trinajstić information content (AvgIpc) is 2.86. The van der Waals surface area contributed by atoms with E-state index in [2.05, 4.69) is 10.1 Å². The van der Waals surface area contributed by atoms with Gasteiger partial charge in [0.25, 0.3) is 5.92 Å². The van der Waals surface area contributed by atoms with Crippen LogP contribution in [0.2, 0.25) is 0 Å². The highest BCUT2D eigenvalue weighted by Crippen LogP contribution is 2.28. The molecule has 3 atom stereocenters. The zero-order valence-corrected chi connectivity index (χ0v) is 11.3. The molecule has 6 nitrogen and oxygen atoms in total. The van der Waals surface area contributed by atoms with Crippen molar-refractivity contribution < 1.29 is 28.2 Å². The Bertz CT molecular complexity index is 356.